The van der Waals surface area contributed by atoms with E-state index in [0.717, 1.165) is 5.39 Å². The van der Waals surface area contributed by atoms with E-state index in [2.05, 4.69) is 5.10 Å². The minimum absolute atomic E-state index is 0.0538. The average molecular weight is 542 g/mol. The molecule has 9 nitrogen and oxygen atoms in total. The number of nitrogens with zero attached hydrogens (tertiary/aromatic N) is 4. The molecule has 2 aromatic heterocycles. The first-order valence-corrected chi connectivity index (χ1v) is 12.8. The summed E-state index contributed by atoms with van der Waals surface area (Å²) < 4.78 is 14.1. The molecule has 0 unspecified atom stereocenters. The van der Waals surface area contributed by atoms with Gasteiger partial charge in [0.05, 0.1) is 35.6 Å². The molecular formula is C29H24ClN5O4. The largest absolute Gasteiger partial charge is 0.457 e. The number of rotatable bonds is 5. The van der Waals surface area contributed by atoms with Gasteiger partial charge in [-0.1, -0.05) is 29.8 Å². The molecule has 196 valence electrons. The van der Waals surface area contributed by atoms with Crippen LogP contribution in [0.15, 0.2) is 85.2 Å². The van der Waals surface area contributed by atoms with Crippen LogP contribution in [0.1, 0.15) is 20.7 Å². The van der Waals surface area contributed by atoms with E-state index < -0.39 is 0 Å². The van der Waals surface area contributed by atoms with Crippen LogP contribution in [0, 0.1) is 0 Å². The zero-order chi connectivity index (χ0) is 26.9. The Balaban J connectivity index is 1.25. The van der Waals surface area contributed by atoms with Gasteiger partial charge in [-0.15, -0.1) is 0 Å². The van der Waals surface area contributed by atoms with Crippen molar-refractivity contribution in [3.63, 3.8) is 0 Å². The minimum Gasteiger partial charge on any atom is -0.457 e. The zero-order valence-electron chi connectivity index (χ0n) is 20.8. The molecule has 0 aliphatic carbocycles. The number of morpholine rings is 1. The maximum atomic E-state index is 13.5. The van der Waals surface area contributed by atoms with Gasteiger partial charge in [0.15, 0.2) is 0 Å². The number of hydrogen-bond acceptors (Lipinski definition) is 6. The van der Waals surface area contributed by atoms with E-state index in [0.29, 0.717) is 59.6 Å². The van der Waals surface area contributed by atoms with E-state index in [9.17, 15) is 9.59 Å². The molecule has 3 heterocycles. The second kappa shape index (κ2) is 10.3. The highest BCUT2D eigenvalue weighted by atomic mass is 35.5. The summed E-state index contributed by atoms with van der Waals surface area (Å²) in [6, 6.07) is 21.6. The third-order valence-electron chi connectivity index (χ3n) is 6.62. The predicted molar refractivity (Wildman–Crippen MR) is 148 cm³/mol. The third-order valence-corrected chi connectivity index (χ3v) is 6.92. The van der Waals surface area contributed by atoms with E-state index in [4.69, 9.17) is 26.8 Å². The number of nitrogen functional groups attached to an aromatic ring is 1. The van der Waals surface area contributed by atoms with Crippen LogP contribution in [0.2, 0.25) is 5.02 Å². The van der Waals surface area contributed by atoms with Gasteiger partial charge in [-0.3, -0.25) is 14.2 Å². The fraction of sp³-hybridized carbons (Fsp3) is 0.138. The first kappa shape index (κ1) is 24.7. The lowest BCUT2D eigenvalue weighted by atomic mass is 10.1. The van der Waals surface area contributed by atoms with Gasteiger partial charge in [-0.05, 0) is 48.5 Å². The van der Waals surface area contributed by atoms with Gasteiger partial charge in [-0.25, -0.2) is 4.68 Å². The lowest BCUT2D eigenvalue weighted by molar-refractivity contribution is 0.0303. The molecule has 6 rings (SSSR count). The van der Waals surface area contributed by atoms with Gasteiger partial charge in [-0.2, -0.15) is 5.10 Å². The highest BCUT2D eigenvalue weighted by molar-refractivity contribution is 6.32. The zero-order valence-corrected chi connectivity index (χ0v) is 21.5. The number of benzene rings is 3. The number of ether oxygens (including phenoxy) is 2. The summed E-state index contributed by atoms with van der Waals surface area (Å²) in [6.45, 7) is 2.19. The van der Waals surface area contributed by atoms with Crippen molar-refractivity contribution >= 4 is 40.1 Å². The topological polar surface area (TPSA) is 105 Å². The molecule has 0 saturated carbocycles. The van der Waals surface area contributed by atoms with Crippen LogP contribution in [0.25, 0.3) is 16.6 Å². The standard InChI is InChI=1S/C29H24ClN5O4/c30-24-17-22(39-21-4-2-1-3-5-21)7-9-26(24)35-27(31)23(18-32-35)29(37)34-11-10-19-16-20(6-8-25(19)34)28(36)33-12-14-38-15-13-33/h1-11,16-18H,12-15,31H2. The number of fused-ring (bicyclic) bond motifs is 1. The SMILES string of the molecule is Nc1c(C(=O)n2ccc3cc(C(=O)N4CCOCC4)ccc32)cnn1-c1ccc(Oc2ccccc2)cc1Cl. The van der Waals surface area contributed by atoms with Crippen LogP contribution in [-0.2, 0) is 4.74 Å². The van der Waals surface area contributed by atoms with Crippen molar-refractivity contribution in [2.45, 2.75) is 0 Å². The molecule has 1 fully saturated rings. The number of anilines is 1. The maximum Gasteiger partial charge on any atom is 0.267 e. The van der Waals surface area contributed by atoms with Gasteiger partial charge in [0.25, 0.3) is 11.8 Å². The number of carbonyl (C=O) groups excluding carboxylic acids is 2. The van der Waals surface area contributed by atoms with Crippen molar-refractivity contribution in [1.29, 1.82) is 0 Å². The van der Waals surface area contributed by atoms with Gasteiger partial charge in [0.1, 0.15) is 22.9 Å². The van der Waals surface area contributed by atoms with E-state index in [1.165, 1.54) is 15.4 Å². The molecule has 0 spiro atoms. The lowest BCUT2D eigenvalue weighted by Gasteiger charge is -2.26. The Morgan fingerprint density at radius 1 is 0.923 bits per heavy atom. The fourth-order valence-corrected chi connectivity index (χ4v) is 4.84. The summed E-state index contributed by atoms with van der Waals surface area (Å²) in [5, 5.41) is 5.46. The molecule has 3 aromatic carbocycles. The van der Waals surface area contributed by atoms with Crippen LogP contribution < -0.4 is 10.5 Å². The second-order valence-electron chi connectivity index (χ2n) is 9.05. The number of aromatic nitrogens is 3. The van der Waals surface area contributed by atoms with Crippen molar-refractivity contribution in [3.05, 3.63) is 101 Å². The normalized spacial score (nSPS) is 13.5. The Kier molecular flexibility index (Phi) is 6.52. The van der Waals surface area contributed by atoms with E-state index in [1.807, 2.05) is 30.3 Å². The van der Waals surface area contributed by atoms with Crippen LogP contribution in [-0.4, -0.2) is 57.4 Å². The fourth-order valence-electron chi connectivity index (χ4n) is 4.59. The smallest absolute Gasteiger partial charge is 0.267 e. The number of hydrogen-bond donors (Lipinski definition) is 1. The first-order chi connectivity index (χ1) is 19.0. The van der Waals surface area contributed by atoms with Crippen molar-refractivity contribution < 1.29 is 19.1 Å². The Bertz CT molecular complexity index is 1690. The molecule has 2 N–H and O–H groups in total. The number of para-hydroxylation sites is 1. The van der Waals surface area contributed by atoms with Gasteiger partial charge >= 0.3 is 0 Å². The number of nitrogens with two attached hydrogens (primary N) is 1. The third kappa shape index (κ3) is 4.73. The predicted octanol–water partition coefficient (Wildman–Crippen LogP) is 5.02. The van der Waals surface area contributed by atoms with Crippen LogP contribution in [0.3, 0.4) is 0 Å². The van der Waals surface area contributed by atoms with Crippen molar-refractivity contribution in [1.82, 2.24) is 19.2 Å². The molecule has 0 radical (unpaired) electrons. The summed E-state index contributed by atoms with van der Waals surface area (Å²) >= 11 is 6.54. The van der Waals surface area contributed by atoms with Gasteiger partial charge in [0.2, 0.25) is 0 Å². The molecule has 1 amide bonds. The van der Waals surface area contributed by atoms with Crippen LogP contribution >= 0.6 is 11.6 Å². The van der Waals surface area contributed by atoms with Crippen LogP contribution in [0.4, 0.5) is 5.82 Å². The Morgan fingerprint density at radius 2 is 1.72 bits per heavy atom. The summed E-state index contributed by atoms with van der Waals surface area (Å²) in [5.41, 5.74) is 8.34. The van der Waals surface area contributed by atoms with Gasteiger partial charge in [0, 0.05) is 36.3 Å². The van der Waals surface area contributed by atoms with E-state index in [1.54, 1.807) is 53.6 Å². The summed E-state index contributed by atoms with van der Waals surface area (Å²) in [5.74, 6) is 0.995. The molecule has 5 aromatic rings. The molecule has 0 atom stereocenters. The van der Waals surface area contributed by atoms with Crippen molar-refractivity contribution in [2.24, 2.45) is 0 Å². The maximum absolute atomic E-state index is 13.5. The summed E-state index contributed by atoms with van der Waals surface area (Å²) in [4.78, 5) is 28.1. The highest BCUT2D eigenvalue weighted by Crippen LogP contribution is 2.31. The minimum atomic E-state index is -0.346. The summed E-state index contributed by atoms with van der Waals surface area (Å²) in [6.07, 6.45) is 3.08. The van der Waals surface area contributed by atoms with E-state index >= 15 is 0 Å². The number of halogens is 1. The Hall–Kier alpha value is -4.60. The number of carbonyl (C=O) groups is 2. The Labute approximate surface area is 228 Å². The highest BCUT2D eigenvalue weighted by Gasteiger charge is 2.22. The molecule has 1 aliphatic heterocycles. The molecule has 0 bridgehead atoms. The second-order valence-corrected chi connectivity index (χ2v) is 9.46. The molecule has 10 heteroatoms. The monoisotopic (exact) mass is 541 g/mol. The van der Waals surface area contributed by atoms with Crippen LogP contribution in [0.5, 0.6) is 11.5 Å². The molecule has 1 saturated heterocycles. The lowest BCUT2D eigenvalue weighted by Crippen LogP contribution is -2.40. The average Bonchev–Trinajstić information content (AvgIpc) is 3.56. The molecule has 39 heavy (non-hydrogen) atoms. The molecule has 1 aliphatic rings. The summed E-state index contributed by atoms with van der Waals surface area (Å²) in [7, 11) is 0. The first-order valence-electron chi connectivity index (χ1n) is 12.4. The quantitative estimate of drug-likeness (QED) is 0.335. The number of amides is 1. The Morgan fingerprint density at radius 3 is 2.49 bits per heavy atom. The van der Waals surface area contributed by atoms with Crippen molar-refractivity contribution in [3.8, 4) is 17.2 Å². The van der Waals surface area contributed by atoms with Crippen molar-refractivity contribution in [2.75, 3.05) is 32.0 Å². The molecular weight excluding hydrogens is 518 g/mol. The van der Waals surface area contributed by atoms with Gasteiger partial charge < -0.3 is 20.1 Å². The van der Waals surface area contributed by atoms with E-state index in [-0.39, 0.29) is 23.2 Å².